The Morgan fingerprint density at radius 3 is 2.21 bits per heavy atom. The van der Waals surface area contributed by atoms with Gasteiger partial charge in [-0.15, -0.1) is 6.58 Å². The Kier molecular flexibility index (Phi) is 6.18. The highest BCUT2D eigenvalue weighted by Gasteiger charge is 2.66. The molecule has 0 aliphatic carbocycles. The molecule has 5 unspecified atom stereocenters. The molecule has 8 heteroatoms. The summed E-state index contributed by atoms with van der Waals surface area (Å²) < 4.78 is 0. The number of non-ortho nitro benzene ring substituents is 1. The van der Waals surface area contributed by atoms with Crippen LogP contribution in [0.5, 0.6) is 0 Å². The molecule has 8 nitrogen and oxygen atoms in total. The number of piperidine rings is 1. The Morgan fingerprint density at radius 1 is 1.21 bits per heavy atom. The number of aliphatic carboxylic acids is 2. The smallest absolute Gasteiger partial charge is 0.312 e. The second kappa shape index (κ2) is 7.94. The lowest BCUT2D eigenvalue weighted by Crippen LogP contribution is -2.69. The monoisotopic (exact) mass is 404 g/mol. The third-order valence-corrected chi connectivity index (χ3v) is 6.47. The van der Waals surface area contributed by atoms with E-state index in [1.54, 1.807) is 33.8 Å². The van der Waals surface area contributed by atoms with E-state index in [2.05, 4.69) is 11.9 Å². The summed E-state index contributed by atoms with van der Waals surface area (Å²) in [6.45, 7) is 10.7. The maximum atomic E-state index is 12.7. The number of nitro benzene ring substituents is 1. The molecule has 0 spiro atoms. The molecular weight excluding hydrogens is 376 g/mol. The number of carbonyl (C=O) groups is 2. The van der Waals surface area contributed by atoms with Gasteiger partial charge < -0.3 is 15.5 Å². The first kappa shape index (κ1) is 22.5. The highest BCUT2D eigenvalue weighted by atomic mass is 16.6. The maximum absolute atomic E-state index is 12.7. The number of rotatable bonds is 7. The topological polar surface area (TPSA) is 130 Å². The first-order valence-electron chi connectivity index (χ1n) is 9.56. The molecule has 0 bridgehead atoms. The second-order valence-electron chi connectivity index (χ2n) is 8.07. The Labute approximate surface area is 169 Å². The molecule has 0 amide bonds. The molecule has 1 fully saturated rings. The number of allylic oxidation sites excluding steroid dienone is 1. The number of hydrogen-bond donors (Lipinski definition) is 3. The van der Waals surface area contributed by atoms with Gasteiger partial charge in [0.05, 0.1) is 15.8 Å². The van der Waals surface area contributed by atoms with Crippen LogP contribution in [0.3, 0.4) is 0 Å². The van der Waals surface area contributed by atoms with Gasteiger partial charge in [0.25, 0.3) is 5.69 Å². The average Bonchev–Trinajstić information content (AvgIpc) is 2.62. The lowest BCUT2D eigenvalue weighted by Gasteiger charge is -2.57. The van der Waals surface area contributed by atoms with Crippen molar-refractivity contribution in [3.05, 3.63) is 52.1 Å². The van der Waals surface area contributed by atoms with Crippen LogP contribution in [0.4, 0.5) is 5.69 Å². The van der Waals surface area contributed by atoms with Crippen LogP contribution in [0.15, 0.2) is 36.4 Å². The van der Waals surface area contributed by atoms with Crippen molar-refractivity contribution in [1.82, 2.24) is 5.32 Å². The van der Waals surface area contributed by atoms with Gasteiger partial charge in [-0.2, -0.15) is 0 Å². The highest BCUT2D eigenvalue weighted by molar-refractivity contribution is 5.84. The van der Waals surface area contributed by atoms with Crippen molar-refractivity contribution in [1.29, 1.82) is 0 Å². The van der Waals surface area contributed by atoms with E-state index in [0.29, 0.717) is 11.1 Å². The van der Waals surface area contributed by atoms with Gasteiger partial charge >= 0.3 is 11.9 Å². The molecule has 29 heavy (non-hydrogen) atoms. The standard InChI is InChI=1S/C21H28N2O6/c1-6-20(18(24)25)13(4)22-14(5)21(19(26)27,11-12(2)3)17(20)15-8-7-9-16(10-15)23(28)29/h7-10,13-14,17,22H,2,6,11H2,1,3-5H3,(H,24,25)(H,26,27). The van der Waals surface area contributed by atoms with Gasteiger partial charge in [0.1, 0.15) is 0 Å². The van der Waals surface area contributed by atoms with Crippen molar-refractivity contribution in [3.8, 4) is 0 Å². The van der Waals surface area contributed by atoms with Crippen LogP contribution in [0.2, 0.25) is 0 Å². The van der Waals surface area contributed by atoms with E-state index >= 15 is 0 Å². The normalized spacial score (nSPS) is 31.8. The van der Waals surface area contributed by atoms with E-state index in [9.17, 15) is 29.9 Å². The van der Waals surface area contributed by atoms with E-state index < -0.39 is 45.7 Å². The quantitative estimate of drug-likeness (QED) is 0.360. The molecule has 0 aromatic heterocycles. The van der Waals surface area contributed by atoms with Crippen molar-refractivity contribution in [2.45, 2.75) is 58.5 Å². The summed E-state index contributed by atoms with van der Waals surface area (Å²) in [5, 5.41) is 35.2. The third-order valence-electron chi connectivity index (χ3n) is 6.47. The van der Waals surface area contributed by atoms with Crippen LogP contribution in [-0.4, -0.2) is 39.2 Å². The minimum absolute atomic E-state index is 0.0472. The SMILES string of the molecule is C=C(C)CC1(C(=O)O)C(C)NC(C)C(CC)(C(=O)O)C1c1cccc([N+](=O)[O-])c1. The number of benzene rings is 1. The molecule has 1 saturated heterocycles. The Balaban J connectivity index is 2.95. The molecule has 1 aliphatic rings. The molecule has 3 N–H and O–H groups in total. The number of hydrogen-bond acceptors (Lipinski definition) is 5. The van der Waals surface area contributed by atoms with Gasteiger partial charge in [0, 0.05) is 30.1 Å². The van der Waals surface area contributed by atoms with E-state index in [-0.39, 0.29) is 18.5 Å². The zero-order chi connectivity index (χ0) is 22.1. The van der Waals surface area contributed by atoms with Crippen LogP contribution in [0.25, 0.3) is 0 Å². The number of nitrogens with zero attached hydrogens (tertiary/aromatic N) is 1. The van der Waals surface area contributed by atoms with Crippen molar-refractivity contribution < 1.29 is 24.7 Å². The molecule has 1 aromatic carbocycles. The summed E-state index contributed by atoms with van der Waals surface area (Å²) in [5.41, 5.74) is -2.28. The molecular formula is C21H28N2O6. The maximum Gasteiger partial charge on any atom is 0.312 e. The molecule has 5 atom stereocenters. The fourth-order valence-electron chi connectivity index (χ4n) is 5.15. The predicted molar refractivity (Wildman–Crippen MR) is 108 cm³/mol. The zero-order valence-corrected chi connectivity index (χ0v) is 17.1. The van der Waals surface area contributed by atoms with Gasteiger partial charge in [0.2, 0.25) is 0 Å². The summed E-state index contributed by atoms with van der Waals surface area (Å²) in [6.07, 6.45) is 0.202. The molecule has 0 saturated carbocycles. The van der Waals surface area contributed by atoms with E-state index in [4.69, 9.17) is 0 Å². The zero-order valence-electron chi connectivity index (χ0n) is 17.1. The molecule has 1 aromatic rings. The van der Waals surface area contributed by atoms with E-state index in [0.717, 1.165) is 0 Å². The lowest BCUT2D eigenvalue weighted by atomic mass is 9.49. The predicted octanol–water partition coefficient (Wildman–Crippen LogP) is 3.58. The molecule has 0 radical (unpaired) electrons. The van der Waals surface area contributed by atoms with Gasteiger partial charge in [-0.25, -0.2) is 0 Å². The summed E-state index contributed by atoms with van der Waals surface area (Å²) >= 11 is 0. The van der Waals surface area contributed by atoms with E-state index in [1.807, 2.05) is 0 Å². The largest absolute Gasteiger partial charge is 0.481 e. The number of nitro groups is 1. The minimum Gasteiger partial charge on any atom is -0.481 e. The van der Waals surface area contributed by atoms with Crippen LogP contribution >= 0.6 is 0 Å². The number of carboxylic acid groups (broad SMARTS) is 2. The Bertz CT molecular complexity index is 853. The summed E-state index contributed by atoms with van der Waals surface area (Å²) in [5.74, 6) is -3.28. The van der Waals surface area contributed by atoms with E-state index in [1.165, 1.54) is 18.2 Å². The highest BCUT2D eigenvalue weighted by Crippen LogP contribution is 2.59. The van der Waals surface area contributed by atoms with Crippen LogP contribution in [0.1, 0.15) is 52.0 Å². The number of carboxylic acids is 2. The van der Waals surface area contributed by atoms with Crippen LogP contribution in [-0.2, 0) is 9.59 Å². The number of nitrogens with one attached hydrogen (secondary N) is 1. The fourth-order valence-corrected chi connectivity index (χ4v) is 5.15. The third kappa shape index (κ3) is 3.42. The Hall–Kier alpha value is -2.74. The van der Waals surface area contributed by atoms with Crippen molar-refractivity contribution in [2.75, 3.05) is 0 Å². The fraction of sp³-hybridized carbons (Fsp3) is 0.524. The first-order chi connectivity index (χ1) is 13.4. The summed E-state index contributed by atoms with van der Waals surface area (Å²) in [6, 6.07) is 4.54. The minimum atomic E-state index is -1.54. The van der Waals surface area contributed by atoms with Gasteiger partial charge in [-0.3, -0.25) is 19.7 Å². The summed E-state index contributed by atoms with van der Waals surface area (Å²) in [7, 11) is 0. The van der Waals surface area contributed by atoms with Crippen LogP contribution in [0, 0.1) is 20.9 Å². The molecule has 158 valence electrons. The van der Waals surface area contributed by atoms with Gasteiger partial charge in [-0.1, -0.05) is 24.6 Å². The lowest BCUT2D eigenvalue weighted by molar-refractivity contribution is -0.385. The van der Waals surface area contributed by atoms with Gasteiger partial charge in [0.15, 0.2) is 0 Å². The average molecular weight is 404 g/mol. The molecule has 2 rings (SSSR count). The molecule has 1 aliphatic heterocycles. The Morgan fingerprint density at radius 2 is 1.76 bits per heavy atom. The first-order valence-corrected chi connectivity index (χ1v) is 9.56. The van der Waals surface area contributed by atoms with Crippen molar-refractivity contribution in [2.24, 2.45) is 10.8 Å². The van der Waals surface area contributed by atoms with Gasteiger partial charge in [-0.05, 0) is 39.2 Å². The van der Waals surface area contributed by atoms with Crippen molar-refractivity contribution >= 4 is 17.6 Å². The molecule has 1 heterocycles. The van der Waals surface area contributed by atoms with Crippen molar-refractivity contribution in [3.63, 3.8) is 0 Å². The van der Waals surface area contributed by atoms with Crippen LogP contribution < -0.4 is 5.32 Å². The summed E-state index contributed by atoms with van der Waals surface area (Å²) in [4.78, 5) is 36.2. The second-order valence-corrected chi connectivity index (χ2v) is 8.07.